The number of nitrogens with zero attached hydrogens (tertiary/aromatic N) is 4. The number of aromatic nitrogens is 4. The van der Waals surface area contributed by atoms with Crippen LogP contribution in [0.15, 0.2) is 36.4 Å². The molecule has 2 fully saturated rings. The van der Waals surface area contributed by atoms with Crippen LogP contribution in [0.4, 0.5) is 13.2 Å². The highest BCUT2D eigenvalue weighted by Crippen LogP contribution is 2.51. The van der Waals surface area contributed by atoms with Crippen LogP contribution in [0.1, 0.15) is 78.4 Å². The third-order valence-electron chi connectivity index (χ3n) is 7.17. The third-order valence-corrected chi connectivity index (χ3v) is 7.17. The first-order chi connectivity index (χ1) is 18.3. The Morgan fingerprint density at radius 1 is 1.08 bits per heavy atom. The molecule has 200 valence electrons. The highest BCUT2D eigenvalue weighted by Gasteiger charge is 2.36. The lowest BCUT2D eigenvalue weighted by Gasteiger charge is -2.14. The van der Waals surface area contributed by atoms with Crippen LogP contribution in [-0.2, 0) is 23.9 Å². The lowest BCUT2D eigenvalue weighted by molar-refractivity contribution is -0.137. The summed E-state index contributed by atoms with van der Waals surface area (Å²) < 4.78 is 38.5. The zero-order valence-corrected chi connectivity index (χ0v) is 20.7. The quantitative estimate of drug-likeness (QED) is 0.296. The molecule has 1 aliphatic heterocycles. The molecule has 12 heteroatoms. The number of hydrazine groups is 2. The fraction of sp³-hybridized carbons (Fsp3) is 0.462. The van der Waals surface area contributed by atoms with E-state index in [1.165, 1.54) is 48.5 Å². The van der Waals surface area contributed by atoms with E-state index in [-0.39, 0.29) is 17.8 Å². The molecule has 3 aromatic rings. The second kappa shape index (κ2) is 9.90. The van der Waals surface area contributed by atoms with Gasteiger partial charge in [-0.15, -0.1) is 10.6 Å². The number of nitrogens with one attached hydrogen (secondary N) is 4. The zero-order chi connectivity index (χ0) is 26.3. The molecule has 0 aromatic carbocycles. The molecule has 6 rings (SSSR count). The number of unbranched alkanes of at least 4 members (excludes halogenated alkanes) is 1. The summed E-state index contributed by atoms with van der Waals surface area (Å²) in [5.41, 5.74) is 10.2. The Morgan fingerprint density at radius 3 is 2.66 bits per heavy atom. The molecule has 0 radical (unpaired) electrons. The third kappa shape index (κ3) is 5.45. The molecule has 2 saturated carbocycles. The molecular formula is C26H29F3N8O. The van der Waals surface area contributed by atoms with E-state index in [0.29, 0.717) is 18.4 Å². The molecule has 0 atom stereocenters. The number of H-pyrrole nitrogens is 1. The van der Waals surface area contributed by atoms with Crippen LogP contribution >= 0.6 is 0 Å². The van der Waals surface area contributed by atoms with Crippen LogP contribution in [-0.4, -0.2) is 37.6 Å². The Kier molecular flexibility index (Phi) is 6.42. The van der Waals surface area contributed by atoms with Gasteiger partial charge in [-0.1, -0.05) is 0 Å². The summed E-state index contributed by atoms with van der Waals surface area (Å²) in [6.45, 7) is 0.603. The summed E-state index contributed by atoms with van der Waals surface area (Å²) in [7, 11) is 0. The van der Waals surface area contributed by atoms with Gasteiger partial charge in [0, 0.05) is 42.8 Å². The second-order valence-corrected chi connectivity index (χ2v) is 10.3. The minimum absolute atomic E-state index is 0.0636. The van der Waals surface area contributed by atoms with Gasteiger partial charge in [0.05, 0.1) is 11.3 Å². The van der Waals surface area contributed by atoms with Gasteiger partial charge < -0.3 is 10.3 Å². The number of carbonyl (C=O) groups is 1. The van der Waals surface area contributed by atoms with Crippen LogP contribution < -0.4 is 16.3 Å². The van der Waals surface area contributed by atoms with E-state index in [9.17, 15) is 18.0 Å². The largest absolute Gasteiger partial charge is 0.417 e. The van der Waals surface area contributed by atoms with Crippen molar-refractivity contribution >= 4 is 16.9 Å². The van der Waals surface area contributed by atoms with Crippen LogP contribution in [0.25, 0.3) is 11.0 Å². The minimum atomic E-state index is -4.48. The summed E-state index contributed by atoms with van der Waals surface area (Å²) >= 11 is 0. The number of alkyl halides is 3. The molecule has 0 saturated heterocycles. The van der Waals surface area contributed by atoms with E-state index in [0.717, 1.165) is 42.9 Å². The Balaban J connectivity index is 0.980. The zero-order valence-electron chi connectivity index (χ0n) is 20.7. The minimum Gasteiger partial charge on any atom is -0.347 e. The van der Waals surface area contributed by atoms with E-state index < -0.39 is 17.6 Å². The second-order valence-electron chi connectivity index (χ2n) is 10.3. The summed E-state index contributed by atoms with van der Waals surface area (Å²) in [4.78, 5) is 19.6. The van der Waals surface area contributed by atoms with Crippen LogP contribution in [0.3, 0.4) is 0 Å². The fourth-order valence-electron chi connectivity index (χ4n) is 4.89. The van der Waals surface area contributed by atoms with E-state index in [4.69, 9.17) is 0 Å². The molecule has 0 spiro atoms. The monoisotopic (exact) mass is 526 g/mol. The van der Waals surface area contributed by atoms with Crippen molar-refractivity contribution in [3.05, 3.63) is 64.5 Å². The molecule has 4 N–H and O–H groups in total. The number of rotatable bonds is 10. The summed E-state index contributed by atoms with van der Waals surface area (Å²) in [6.07, 6.45) is 6.87. The average molecular weight is 527 g/mol. The number of carbonyl (C=O) groups excluding carboxylic acids is 1. The number of aryl methyl sites for hydroxylation is 1. The molecule has 1 amide bonds. The number of fused-ring (bicyclic) bond motifs is 1. The first-order valence-corrected chi connectivity index (χ1v) is 13.0. The van der Waals surface area contributed by atoms with E-state index in [1.807, 2.05) is 0 Å². The number of pyridine rings is 1. The van der Waals surface area contributed by atoms with Crippen molar-refractivity contribution in [2.24, 2.45) is 0 Å². The fourth-order valence-corrected chi connectivity index (χ4v) is 4.89. The number of aromatic amines is 1. The van der Waals surface area contributed by atoms with Gasteiger partial charge in [-0.05, 0) is 80.0 Å². The first kappa shape index (κ1) is 24.7. The predicted molar refractivity (Wildman–Crippen MR) is 133 cm³/mol. The maximum atomic E-state index is 12.8. The van der Waals surface area contributed by atoms with E-state index >= 15 is 0 Å². The molecule has 2 aliphatic carbocycles. The number of hydrogen-bond acceptors (Lipinski definition) is 7. The first-order valence-electron chi connectivity index (χ1n) is 13.0. The van der Waals surface area contributed by atoms with Gasteiger partial charge in [0.25, 0.3) is 5.91 Å². The number of hydrogen-bond donors (Lipinski definition) is 4. The van der Waals surface area contributed by atoms with Crippen molar-refractivity contribution in [3.8, 4) is 0 Å². The SMILES string of the molecule is O=C(NCc1cncc(C(F)(F)F)c1)C1=CN(CCCCc2cc3c(C4CC4)c(C4CC4)[nH]c3nn2)NN1. The normalized spacial score (nSPS) is 17.6. The smallest absolute Gasteiger partial charge is 0.347 e. The number of halogens is 3. The Hall–Kier alpha value is -3.67. The number of amides is 1. The molecular weight excluding hydrogens is 497 g/mol. The lowest BCUT2D eigenvalue weighted by Crippen LogP contribution is -2.39. The van der Waals surface area contributed by atoms with Crippen molar-refractivity contribution in [2.45, 2.75) is 69.5 Å². The van der Waals surface area contributed by atoms with Crippen molar-refractivity contribution in [2.75, 3.05) is 6.54 Å². The molecule has 0 unspecified atom stereocenters. The molecule has 4 heterocycles. The van der Waals surface area contributed by atoms with Gasteiger partial charge in [-0.2, -0.15) is 18.3 Å². The maximum absolute atomic E-state index is 12.8. The van der Waals surface area contributed by atoms with Gasteiger partial charge in [0.15, 0.2) is 5.65 Å². The standard InChI is InChI=1S/C26H29F3N8O/c27-26(28,29)18-9-15(11-30-13-18)12-31-25(38)21-14-37(36-34-21)8-2-1-3-19-10-20-22(16-4-5-16)23(17-6-7-17)32-24(20)35-33-19/h9-11,13-14,16-17,34,36H,1-8,12H2,(H,31,38)(H,32,35). The Morgan fingerprint density at radius 2 is 1.89 bits per heavy atom. The van der Waals surface area contributed by atoms with E-state index in [1.54, 1.807) is 11.2 Å². The highest BCUT2D eigenvalue weighted by atomic mass is 19.4. The van der Waals surface area contributed by atoms with Crippen molar-refractivity contribution in [1.82, 2.24) is 41.5 Å². The van der Waals surface area contributed by atoms with Crippen LogP contribution in [0.5, 0.6) is 0 Å². The van der Waals surface area contributed by atoms with Crippen LogP contribution in [0.2, 0.25) is 0 Å². The van der Waals surface area contributed by atoms with Crippen LogP contribution in [0, 0.1) is 0 Å². The van der Waals surface area contributed by atoms with Gasteiger partial charge in [0.2, 0.25) is 0 Å². The predicted octanol–water partition coefficient (Wildman–Crippen LogP) is 3.93. The molecule has 9 nitrogen and oxygen atoms in total. The van der Waals surface area contributed by atoms with Gasteiger partial charge in [-0.3, -0.25) is 20.2 Å². The Bertz CT molecular complexity index is 1380. The topological polar surface area (TPSA) is 111 Å². The average Bonchev–Trinajstić information content (AvgIpc) is 3.84. The van der Waals surface area contributed by atoms with Crippen molar-refractivity contribution < 1.29 is 18.0 Å². The molecule has 3 aliphatic rings. The molecule has 3 aromatic heterocycles. The van der Waals surface area contributed by atoms with Crippen molar-refractivity contribution in [1.29, 1.82) is 0 Å². The summed E-state index contributed by atoms with van der Waals surface area (Å²) in [5, 5.41) is 14.5. The highest BCUT2D eigenvalue weighted by molar-refractivity contribution is 5.92. The van der Waals surface area contributed by atoms with Gasteiger partial charge in [-0.25, -0.2) is 0 Å². The Labute approximate surface area is 217 Å². The maximum Gasteiger partial charge on any atom is 0.417 e. The summed E-state index contributed by atoms with van der Waals surface area (Å²) in [5.74, 6) is 0.914. The molecule has 38 heavy (non-hydrogen) atoms. The van der Waals surface area contributed by atoms with E-state index in [2.05, 4.69) is 42.5 Å². The van der Waals surface area contributed by atoms with Gasteiger partial charge in [0.1, 0.15) is 5.70 Å². The summed E-state index contributed by atoms with van der Waals surface area (Å²) in [6, 6.07) is 3.18. The van der Waals surface area contributed by atoms with Gasteiger partial charge >= 0.3 is 6.18 Å². The molecule has 0 bridgehead atoms. The van der Waals surface area contributed by atoms with Crippen molar-refractivity contribution in [3.63, 3.8) is 0 Å². The lowest BCUT2D eigenvalue weighted by atomic mass is 10.0.